The van der Waals surface area contributed by atoms with Crippen molar-refractivity contribution in [3.63, 3.8) is 0 Å². The van der Waals surface area contributed by atoms with Gasteiger partial charge in [0.1, 0.15) is 36.1 Å². The molecular formula is C22H29N4O15P2-. The molecule has 1 aromatic rings. The lowest BCUT2D eigenvalue weighted by Gasteiger charge is -2.32. The van der Waals surface area contributed by atoms with Crippen LogP contribution >= 0.6 is 15.6 Å². The van der Waals surface area contributed by atoms with Crippen molar-refractivity contribution < 1.29 is 76.3 Å². The molecule has 2 fully saturated rings. The molecule has 4 heterocycles. The van der Waals surface area contributed by atoms with Gasteiger partial charge in [0, 0.05) is 24.0 Å². The number of hydrogen-bond acceptors (Lipinski definition) is 16. The van der Waals surface area contributed by atoms with E-state index in [1.54, 1.807) is 0 Å². The van der Waals surface area contributed by atoms with E-state index in [4.69, 9.17) is 20.9 Å². The molecule has 1 aromatic heterocycles. The lowest BCUT2D eigenvalue weighted by Crippen LogP contribution is -2.46. The van der Waals surface area contributed by atoms with Crippen molar-refractivity contribution >= 4 is 27.5 Å². The molecule has 0 aliphatic carbocycles. The Balaban J connectivity index is 1.30. The van der Waals surface area contributed by atoms with Gasteiger partial charge in [-0.3, -0.25) is 18.7 Å². The number of aliphatic hydroxyl groups excluding tert-OH is 4. The first-order valence-corrected chi connectivity index (χ1v) is 15.4. The molecule has 8 N–H and O–H groups in total. The van der Waals surface area contributed by atoms with Gasteiger partial charge in [0.2, 0.25) is 5.91 Å². The van der Waals surface area contributed by atoms with E-state index in [2.05, 4.69) is 13.4 Å². The van der Waals surface area contributed by atoms with Crippen LogP contribution in [-0.2, 0) is 36.8 Å². The van der Waals surface area contributed by atoms with Crippen LogP contribution in [0.5, 0.6) is 0 Å². The highest BCUT2D eigenvalue weighted by molar-refractivity contribution is 7.59. The lowest BCUT2D eigenvalue weighted by molar-refractivity contribution is -0.765. The molecule has 19 nitrogen and oxygen atoms in total. The third-order valence-electron chi connectivity index (χ3n) is 6.60. The summed E-state index contributed by atoms with van der Waals surface area (Å²) in [5, 5.41) is 41.3. The van der Waals surface area contributed by atoms with Crippen LogP contribution in [0.25, 0.3) is 0 Å². The molecule has 3 aliphatic rings. The normalized spacial score (nSPS) is 33.5. The van der Waals surface area contributed by atoms with Gasteiger partial charge >= 0.3 is 0 Å². The first-order valence-electron chi connectivity index (χ1n) is 12.5. The number of pyridine rings is 1. The summed E-state index contributed by atoms with van der Waals surface area (Å²) < 4.78 is 49.6. The number of amides is 2. The van der Waals surface area contributed by atoms with E-state index < -0.39 is 89.8 Å². The van der Waals surface area contributed by atoms with Crippen LogP contribution < -0.4 is 25.8 Å². The third kappa shape index (κ3) is 7.92. The molecule has 43 heavy (non-hydrogen) atoms. The maximum absolute atomic E-state index is 12.2. The number of phosphoric acid groups is 2. The van der Waals surface area contributed by atoms with Gasteiger partial charge in [0.25, 0.3) is 27.8 Å². The Kier molecular flexibility index (Phi) is 10.2. The van der Waals surface area contributed by atoms with Gasteiger partial charge in [-0.05, 0) is 12.5 Å². The van der Waals surface area contributed by atoms with Crippen molar-refractivity contribution in [2.45, 2.75) is 55.5 Å². The van der Waals surface area contributed by atoms with E-state index in [9.17, 15) is 48.9 Å². The molecule has 2 amide bonds. The number of aliphatic hydroxyl groups is 4. The molecule has 0 aromatic carbocycles. The van der Waals surface area contributed by atoms with E-state index in [0.717, 1.165) is 0 Å². The fourth-order valence-corrected chi connectivity index (χ4v) is 6.44. The standard InChI is InChI=1S/C22H30N4O15P2/c23-19(31)11-3-1-5-25(7-11)21-17(29)15(27)13(39-21)9-37-42(33,34)41-43(35,36)38-10-14-16(28)18(30)22(40-14)26-6-2-4-12(8-26)20(24)32/h1-3,5-8,13-18,21-22,27-30H,4,9-10H2,(H5-,23,24,31,32,33,34,35,36)/p-1/t13-,14-,15-,16-,17-,18-,21?,22?/m1/s1. The fourth-order valence-electron chi connectivity index (χ4n) is 4.42. The molecule has 0 bridgehead atoms. The maximum atomic E-state index is 12.2. The van der Waals surface area contributed by atoms with Crippen LogP contribution in [0.4, 0.5) is 0 Å². The van der Waals surface area contributed by atoms with Gasteiger partial charge in [-0.2, -0.15) is 4.57 Å². The van der Waals surface area contributed by atoms with Crippen molar-refractivity contribution in [1.82, 2.24) is 4.90 Å². The van der Waals surface area contributed by atoms with Crippen molar-refractivity contribution in [1.29, 1.82) is 0 Å². The quantitative estimate of drug-likeness (QED) is 0.0920. The highest BCUT2D eigenvalue weighted by Gasteiger charge is 2.49. The van der Waals surface area contributed by atoms with Gasteiger partial charge in [0.15, 0.2) is 24.7 Å². The summed E-state index contributed by atoms with van der Waals surface area (Å²) in [6, 6.07) is 2.80. The SMILES string of the molecule is NC(=O)C1=CN(C2O[C@H](COP(=O)([O-])OP(=O)([O-])OC[C@H]3OC([n+]4cccc(C(N)=O)c4)[C@H](O)[C@@H]3O)[C@@H](O)[C@H]2O)C=CC1. The monoisotopic (exact) mass is 651 g/mol. The molecule has 0 radical (unpaired) electrons. The second kappa shape index (κ2) is 13.2. The summed E-state index contributed by atoms with van der Waals surface area (Å²) in [5.41, 5.74) is 10.7. The Bertz CT molecular complexity index is 1380. The van der Waals surface area contributed by atoms with E-state index in [1.165, 1.54) is 52.5 Å². The Hall–Kier alpha value is -2.61. The van der Waals surface area contributed by atoms with E-state index in [1.807, 2.05) is 0 Å². The zero-order valence-electron chi connectivity index (χ0n) is 22.0. The Morgan fingerprint density at radius 1 is 0.977 bits per heavy atom. The van der Waals surface area contributed by atoms with E-state index in [-0.39, 0.29) is 17.6 Å². The molecule has 2 saturated heterocycles. The topological polar surface area (TPSA) is 301 Å². The van der Waals surface area contributed by atoms with Crippen molar-refractivity contribution in [3.8, 4) is 0 Å². The molecule has 0 spiro atoms. The first kappa shape index (κ1) is 33.3. The summed E-state index contributed by atoms with van der Waals surface area (Å²) in [7, 11) is -11.4. The number of aromatic nitrogens is 1. The number of ether oxygens (including phenoxy) is 2. The second-order valence-corrected chi connectivity index (χ2v) is 12.6. The molecule has 0 saturated carbocycles. The average Bonchev–Trinajstić information content (AvgIpc) is 3.40. The lowest BCUT2D eigenvalue weighted by atomic mass is 10.1. The summed E-state index contributed by atoms with van der Waals surface area (Å²) in [4.78, 5) is 48.5. The minimum atomic E-state index is -5.68. The van der Waals surface area contributed by atoms with E-state index >= 15 is 0 Å². The predicted molar refractivity (Wildman–Crippen MR) is 133 cm³/mol. The third-order valence-corrected chi connectivity index (χ3v) is 9.13. The van der Waals surface area contributed by atoms with Gasteiger partial charge in [-0.1, -0.05) is 6.08 Å². The summed E-state index contributed by atoms with van der Waals surface area (Å²) >= 11 is 0. The number of nitrogens with zero attached hydrogens (tertiary/aromatic N) is 2. The first-order chi connectivity index (χ1) is 20.1. The molecule has 4 rings (SSSR count). The summed E-state index contributed by atoms with van der Waals surface area (Å²) in [5.74, 6) is -1.51. The van der Waals surface area contributed by atoms with Crippen LogP contribution in [-0.4, -0.2) is 93.2 Å². The van der Waals surface area contributed by atoms with Gasteiger partial charge in [-0.15, -0.1) is 0 Å². The molecule has 21 heteroatoms. The molecule has 4 unspecified atom stereocenters. The zero-order chi connectivity index (χ0) is 31.7. The van der Waals surface area contributed by atoms with Crippen LogP contribution in [0.1, 0.15) is 23.0 Å². The van der Waals surface area contributed by atoms with Crippen LogP contribution in [0.2, 0.25) is 0 Å². The number of nitrogens with two attached hydrogens (primary N) is 2. The number of hydrogen-bond donors (Lipinski definition) is 6. The Morgan fingerprint density at radius 3 is 2.19 bits per heavy atom. The zero-order valence-corrected chi connectivity index (χ0v) is 23.8. The molecule has 10 atom stereocenters. The molecule has 3 aliphatic heterocycles. The molecule has 238 valence electrons. The fraction of sp³-hybridized carbons (Fsp3) is 0.500. The minimum Gasteiger partial charge on any atom is -0.756 e. The van der Waals surface area contributed by atoms with E-state index in [0.29, 0.717) is 0 Å². The minimum absolute atomic E-state index is 0.0501. The van der Waals surface area contributed by atoms with Crippen LogP contribution in [0.15, 0.2) is 48.6 Å². The van der Waals surface area contributed by atoms with Crippen molar-refractivity contribution in [2.75, 3.05) is 13.2 Å². The smallest absolute Gasteiger partial charge is 0.292 e. The summed E-state index contributed by atoms with van der Waals surface area (Å²) in [6.45, 7) is -1.98. The summed E-state index contributed by atoms with van der Waals surface area (Å²) in [6.07, 6.45) is -5.07. The van der Waals surface area contributed by atoms with Crippen LogP contribution in [0.3, 0.4) is 0 Å². The number of carbonyl (C=O) groups is 2. The Morgan fingerprint density at radius 2 is 1.58 bits per heavy atom. The Labute approximate surface area is 243 Å². The second-order valence-electron chi connectivity index (χ2n) is 9.62. The van der Waals surface area contributed by atoms with Crippen LogP contribution in [0, 0.1) is 0 Å². The number of allylic oxidation sites excluding steroid dienone is 1. The number of rotatable bonds is 12. The number of primary amides is 2. The largest absolute Gasteiger partial charge is 0.756 e. The maximum Gasteiger partial charge on any atom is 0.292 e. The number of carbonyl (C=O) groups excluding carboxylic acids is 2. The average molecular weight is 651 g/mol. The predicted octanol–water partition coefficient (Wildman–Crippen LogP) is -4.29. The van der Waals surface area contributed by atoms with Crippen molar-refractivity contribution in [3.05, 3.63) is 54.1 Å². The van der Waals surface area contributed by atoms with Gasteiger partial charge < -0.3 is 65.1 Å². The highest BCUT2D eigenvalue weighted by Crippen LogP contribution is 2.56. The van der Waals surface area contributed by atoms with Gasteiger partial charge in [-0.25, -0.2) is 4.31 Å². The molecular weight excluding hydrogens is 622 g/mol. The highest BCUT2D eigenvalue weighted by atomic mass is 31.3. The van der Waals surface area contributed by atoms with Gasteiger partial charge in [0.05, 0.1) is 13.2 Å². The van der Waals surface area contributed by atoms with Crippen molar-refractivity contribution in [2.24, 2.45) is 11.5 Å². The number of phosphoric ester groups is 2.